The molecule has 0 fully saturated rings. The molecular formula is C21H23NO4. The van der Waals surface area contributed by atoms with Crippen molar-refractivity contribution >= 4 is 5.97 Å². The van der Waals surface area contributed by atoms with E-state index < -0.39 is 6.10 Å². The Bertz CT molecular complexity index is 804. The molecule has 1 aliphatic heterocycles. The zero-order valence-corrected chi connectivity index (χ0v) is 14.6. The van der Waals surface area contributed by atoms with Crippen LogP contribution in [0.3, 0.4) is 0 Å². The normalized spacial score (nSPS) is 19.4. The summed E-state index contributed by atoms with van der Waals surface area (Å²) in [6, 6.07) is 14.3. The summed E-state index contributed by atoms with van der Waals surface area (Å²) in [6.07, 6.45) is 2.49. The topological polar surface area (TPSA) is 67.8 Å². The average Bonchev–Trinajstić information content (AvgIpc) is 3.06. The molecule has 0 saturated carbocycles. The number of aliphatic hydroxyl groups excluding tert-OH is 1. The fourth-order valence-electron chi connectivity index (χ4n) is 3.68. The lowest BCUT2D eigenvalue weighted by atomic mass is 9.88. The molecule has 0 bridgehead atoms. The molecule has 2 N–H and O–H groups in total. The number of benzene rings is 2. The van der Waals surface area contributed by atoms with Crippen LogP contribution in [0, 0.1) is 0 Å². The van der Waals surface area contributed by atoms with Gasteiger partial charge in [0, 0.05) is 18.2 Å². The summed E-state index contributed by atoms with van der Waals surface area (Å²) in [5, 5.41) is 13.7. The molecule has 0 spiro atoms. The van der Waals surface area contributed by atoms with Crippen molar-refractivity contribution in [1.82, 2.24) is 5.32 Å². The van der Waals surface area contributed by atoms with Crippen LogP contribution in [0.25, 0.3) is 0 Å². The molecule has 26 heavy (non-hydrogen) atoms. The van der Waals surface area contributed by atoms with E-state index >= 15 is 0 Å². The monoisotopic (exact) mass is 353 g/mol. The van der Waals surface area contributed by atoms with Gasteiger partial charge in [0.05, 0.1) is 0 Å². The van der Waals surface area contributed by atoms with E-state index in [0.29, 0.717) is 30.5 Å². The summed E-state index contributed by atoms with van der Waals surface area (Å²) < 4.78 is 10.7. The van der Waals surface area contributed by atoms with E-state index in [2.05, 4.69) is 29.6 Å². The second-order valence-electron chi connectivity index (χ2n) is 6.95. The van der Waals surface area contributed by atoms with Gasteiger partial charge in [-0.25, -0.2) is 4.79 Å². The van der Waals surface area contributed by atoms with Crippen LogP contribution in [0.1, 0.15) is 33.5 Å². The molecule has 2 atom stereocenters. The maximum absolute atomic E-state index is 11.8. The predicted molar refractivity (Wildman–Crippen MR) is 97.3 cm³/mol. The van der Waals surface area contributed by atoms with Gasteiger partial charge >= 0.3 is 5.97 Å². The second-order valence-corrected chi connectivity index (χ2v) is 6.95. The first-order valence-corrected chi connectivity index (χ1v) is 9.11. The number of carbonyl (C=O) groups is 1. The van der Waals surface area contributed by atoms with Gasteiger partial charge in [0.2, 0.25) is 0 Å². The first-order chi connectivity index (χ1) is 12.7. The minimum absolute atomic E-state index is 0.139. The number of aryl methyl sites for hydroxylation is 1. The Morgan fingerprint density at radius 1 is 1.15 bits per heavy atom. The number of rotatable bonds is 6. The largest absolute Gasteiger partial charge is 0.490 e. The van der Waals surface area contributed by atoms with E-state index in [1.54, 1.807) is 6.07 Å². The number of carbonyl (C=O) groups excluding carboxylic acids is 1. The smallest absolute Gasteiger partial charge is 0.342 e. The van der Waals surface area contributed by atoms with Crippen LogP contribution in [0.2, 0.25) is 0 Å². The van der Waals surface area contributed by atoms with Crippen LogP contribution < -0.4 is 10.1 Å². The van der Waals surface area contributed by atoms with Crippen LogP contribution in [0.15, 0.2) is 42.5 Å². The lowest BCUT2D eigenvalue weighted by molar-refractivity contribution is 0.0528. The van der Waals surface area contributed by atoms with Gasteiger partial charge in [0.1, 0.15) is 30.6 Å². The van der Waals surface area contributed by atoms with E-state index in [-0.39, 0.29) is 12.6 Å². The number of fused-ring (bicyclic) bond motifs is 2. The third-order valence-corrected chi connectivity index (χ3v) is 5.10. The van der Waals surface area contributed by atoms with Crippen molar-refractivity contribution < 1.29 is 19.4 Å². The summed E-state index contributed by atoms with van der Waals surface area (Å²) in [7, 11) is 0. The second kappa shape index (κ2) is 7.48. The number of aliphatic hydroxyl groups is 1. The van der Waals surface area contributed by atoms with Crippen molar-refractivity contribution in [1.29, 1.82) is 0 Å². The van der Waals surface area contributed by atoms with Gasteiger partial charge in [-0.05, 0) is 36.5 Å². The van der Waals surface area contributed by atoms with Crippen LogP contribution in [-0.4, -0.2) is 36.4 Å². The zero-order chi connectivity index (χ0) is 17.9. The van der Waals surface area contributed by atoms with Crippen molar-refractivity contribution in [2.75, 3.05) is 13.2 Å². The van der Waals surface area contributed by atoms with Crippen LogP contribution in [-0.2, 0) is 24.2 Å². The van der Waals surface area contributed by atoms with Gasteiger partial charge in [0.15, 0.2) is 0 Å². The van der Waals surface area contributed by atoms with E-state index in [1.165, 1.54) is 11.1 Å². The van der Waals surface area contributed by atoms with Gasteiger partial charge in [-0.3, -0.25) is 0 Å². The van der Waals surface area contributed by atoms with E-state index in [9.17, 15) is 9.90 Å². The molecule has 2 aromatic carbocycles. The molecule has 5 heteroatoms. The van der Waals surface area contributed by atoms with E-state index in [0.717, 1.165) is 24.8 Å². The maximum atomic E-state index is 11.8. The molecule has 2 unspecified atom stereocenters. The quantitative estimate of drug-likeness (QED) is 0.780. The van der Waals surface area contributed by atoms with Crippen molar-refractivity contribution in [3.8, 4) is 5.75 Å². The van der Waals surface area contributed by atoms with Crippen LogP contribution in [0.5, 0.6) is 5.75 Å². The van der Waals surface area contributed by atoms with Crippen LogP contribution in [0.4, 0.5) is 0 Å². The Morgan fingerprint density at radius 2 is 1.96 bits per heavy atom. The van der Waals surface area contributed by atoms with Crippen molar-refractivity contribution in [3.05, 3.63) is 64.7 Å². The molecule has 0 radical (unpaired) electrons. The number of ether oxygens (including phenoxy) is 2. The molecule has 2 aliphatic rings. The Kier molecular flexibility index (Phi) is 4.91. The van der Waals surface area contributed by atoms with E-state index in [4.69, 9.17) is 9.47 Å². The first-order valence-electron chi connectivity index (χ1n) is 9.11. The molecule has 5 nitrogen and oxygen atoms in total. The highest BCUT2D eigenvalue weighted by Crippen LogP contribution is 2.29. The fourth-order valence-corrected chi connectivity index (χ4v) is 3.68. The minimum Gasteiger partial charge on any atom is -0.490 e. The van der Waals surface area contributed by atoms with Gasteiger partial charge in [0.25, 0.3) is 0 Å². The third kappa shape index (κ3) is 3.59. The zero-order valence-electron chi connectivity index (χ0n) is 14.6. The lowest BCUT2D eigenvalue weighted by Crippen LogP contribution is -2.40. The fraction of sp³-hybridized carbons (Fsp3) is 0.381. The van der Waals surface area contributed by atoms with Gasteiger partial charge in [-0.15, -0.1) is 0 Å². The van der Waals surface area contributed by atoms with Crippen LogP contribution >= 0.6 is 0 Å². The van der Waals surface area contributed by atoms with Gasteiger partial charge in [-0.2, -0.15) is 0 Å². The van der Waals surface area contributed by atoms with Gasteiger partial charge < -0.3 is 19.9 Å². The number of hydrogen-bond acceptors (Lipinski definition) is 5. The highest BCUT2D eigenvalue weighted by atomic mass is 16.5. The summed E-state index contributed by atoms with van der Waals surface area (Å²) in [4.78, 5) is 11.8. The third-order valence-electron chi connectivity index (χ3n) is 5.10. The summed E-state index contributed by atoms with van der Waals surface area (Å²) in [5.41, 5.74) is 4.14. The molecule has 4 rings (SSSR count). The summed E-state index contributed by atoms with van der Waals surface area (Å²) >= 11 is 0. The molecule has 2 aromatic rings. The minimum atomic E-state index is -0.638. The predicted octanol–water partition coefficient (Wildman–Crippen LogP) is 2.24. The van der Waals surface area contributed by atoms with E-state index in [1.807, 2.05) is 12.1 Å². The molecule has 136 valence electrons. The highest BCUT2D eigenvalue weighted by molar-refractivity contribution is 5.96. The number of nitrogens with one attached hydrogen (secondary N) is 1. The number of hydrogen-bond donors (Lipinski definition) is 2. The summed E-state index contributed by atoms with van der Waals surface area (Å²) in [5.74, 6) is 0.125. The summed E-state index contributed by atoms with van der Waals surface area (Å²) in [6.45, 7) is 0.894. The Balaban J connectivity index is 1.27. The number of cyclic esters (lactones) is 1. The van der Waals surface area contributed by atoms with Crippen molar-refractivity contribution in [3.63, 3.8) is 0 Å². The number of esters is 1. The molecule has 0 saturated heterocycles. The lowest BCUT2D eigenvalue weighted by Gasteiger charge is -2.26. The van der Waals surface area contributed by atoms with Crippen molar-refractivity contribution in [2.24, 2.45) is 0 Å². The molecule has 0 amide bonds. The maximum Gasteiger partial charge on any atom is 0.342 e. The Labute approximate surface area is 152 Å². The van der Waals surface area contributed by atoms with Crippen molar-refractivity contribution in [2.45, 2.75) is 38.0 Å². The molecule has 0 aromatic heterocycles. The SMILES string of the molecule is O=C1OCc2cccc(OCC(O)CNC3CCc4ccccc4C3)c21. The molecular weight excluding hydrogens is 330 g/mol. The standard InChI is InChI=1S/C21H23NO4/c23-18(11-22-17-9-8-14-4-1-2-5-15(14)10-17)13-25-19-7-3-6-16-12-26-21(24)20(16)19/h1-7,17-18,22-23H,8-13H2. The Hall–Kier alpha value is -2.37. The molecule has 1 aliphatic carbocycles. The first kappa shape index (κ1) is 17.1. The average molecular weight is 353 g/mol. The van der Waals surface area contributed by atoms with Gasteiger partial charge in [-0.1, -0.05) is 36.4 Å². The molecule has 1 heterocycles. The highest BCUT2D eigenvalue weighted by Gasteiger charge is 2.26. The Morgan fingerprint density at radius 3 is 2.85 bits per heavy atom.